The van der Waals surface area contributed by atoms with E-state index in [0.717, 1.165) is 18.8 Å². The summed E-state index contributed by atoms with van der Waals surface area (Å²) in [6.45, 7) is 3.06. The van der Waals surface area contributed by atoms with Crippen LogP contribution >= 0.6 is 11.6 Å². The van der Waals surface area contributed by atoms with Crippen molar-refractivity contribution >= 4 is 17.4 Å². The van der Waals surface area contributed by atoms with E-state index < -0.39 is 0 Å². The molecule has 3 nitrogen and oxygen atoms in total. The molecule has 0 aliphatic carbocycles. The molecule has 1 aromatic rings. The topological polar surface area (TPSA) is 42.1 Å². The fourth-order valence-electron chi connectivity index (χ4n) is 1.85. The Balaban J connectivity index is 2.28. The second-order valence-corrected chi connectivity index (χ2v) is 4.10. The third kappa shape index (κ3) is 1.57. The molecule has 0 radical (unpaired) electrons. The zero-order valence-corrected chi connectivity index (χ0v) is 8.91. The van der Waals surface area contributed by atoms with Gasteiger partial charge in [0.25, 0.3) is 0 Å². The van der Waals surface area contributed by atoms with Gasteiger partial charge < -0.3 is 10.6 Å². The number of hydrogen-bond acceptors (Lipinski definition) is 3. The van der Waals surface area contributed by atoms with Crippen molar-refractivity contribution in [3.05, 3.63) is 23.4 Å². The summed E-state index contributed by atoms with van der Waals surface area (Å²) < 4.78 is 0. The smallest absolute Gasteiger partial charge is 0.147 e. The molecule has 4 heteroatoms. The van der Waals surface area contributed by atoms with Crippen molar-refractivity contribution in [3.8, 4) is 0 Å². The van der Waals surface area contributed by atoms with E-state index in [4.69, 9.17) is 17.3 Å². The van der Waals surface area contributed by atoms with Crippen LogP contribution < -0.4 is 10.6 Å². The summed E-state index contributed by atoms with van der Waals surface area (Å²) in [4.78, 5) is 6.46. The molecular formula is C10H14ClN3. The number of hydrogen-bond donors (Lipinski definition) is 1. The van der Waals surface area contributed by atoms with E-state index in [1.54, 1.807) is 6.20 Å². The maximum absolute atomic E-state index is 6.07. The molecule has 2 heterocycles. The second-order valence-electron chi connectivity index (χ2n) is 3.70. The minimum atomic E-state index is 0.230. The van der Waals surface area contributed by atoms with E-state index in [2.05, 4.69) is 16.8 Å². The van der Waals surface area contributed by atoms with Crippen molar-refractivity contribution < 1.29 is 0 Å². The number of aromatic nitrogens is 1. The Labute approximate surface area is 88.9 Å². The number of pyridine rings is 1. The van der Waals surface area contributed by atoms with Crippen LogP contribution in [0.15, 0.2) is 18.3 Å². The zero-order chi connectivity index (χ0) is 10.1. The normalized spacial score (nSPS) is 26.9. The van der Waals surface area contributed by atoms with Crippen LogP contribution in [0.5, 0.6) is 0 Å². The van der Waals surface area contributed by atoms with Gasteiger partial charge in [-0.15, -0.1) is 0 Å². The summed E-state index contributed by atoms with van der Waals surface area (Å²) in [5.41, 5.74) is 5.94. The van der Waals surface area contributed by atoms with Crippen molar-refractivity contribution in [2.24, 2.45) is 5.73 Å². The van der Waals surface area contributed by atoms with Crippen LogP contribution in [0.2, 0.25) is 5.02 Å². The average molecular weight is 212 g/mol. The van der Waals surface area contributed by atoms with Gasteiger partial charge in [-0.25, -0.2) is 4.98 Å². The van der Waals surface area contributed by atoms with Crippen LogP contribution in [0.3, 0.4) is 0 Å². The Bertz CT molecular complexity index is 329. The molecule has 1 fully saturated rings. The Hall–Kier alpha value is -0.800. The average Bonchev–Trinajstić information content (AvgIpc) is 2.49. The number of nitrogens with zero attached hydrogens (tertiary/aromatic N) is 2. The molecule has 76 valence electrons. The van der Waals surface area contributed by atoms with Crippen LogP contribution in [-0.2, 0) is 0 Å². The third-order valence-corrected chi connectivity index (χ3v) is 3.12. The Morgan fingerprint density at radius 3 is 3.00 bits per heavy atom. The second kappa shape index (κ2) is 3.75. The SMILES string of the molecule is CC1C(N)CCN1c1ncccc1Cl. The van der Waals surface area contributed by atoms with Gasteiger partial charge in [0.15, 0.2) is 0 Å². The van der Waals surface area contributed by atoms with Gasteiger partial charge in [-0.05, 0) is 25.5 Å². The highest BCUT2D eigenvalue weighted by Crippen LogP contribution is 2.28. The molecule has 2 atom stereocenters. The molecule has 0 aromatic carbocycles. The van der Waals surface area contributed by atoms with Gasteiger partial charge in [0, 0.05) is 24.8 Å². The van der Waals surface area contributed by atoms with Crippen LogP contribution in [-0.4, -0.2) is 23.6 Å². The molecule has 1 aromatic heterocycles. The van der Waals surface area contributed by atoms with E-state index in [-0.39, 0.29) is 6.04 Å². The minimum Gasteiger partial charge on any atom is -0.351 e. The lowest BCUT2D eigenvalue weighted by atomic mass is 10.2. The summed E-state index contributed by atoms with van der Waals surface area (Å²) in [6, 6.07) is 4.25. The maximum Gasteiger partial charge on any atom is 0.147 e. The first-order chi connectivity index (χ1) is 6.70. The van der Waals surface area contributed by atoms with E-state index in [1.165, 1.54) is 0 Å². The largest absolute Gasteiger partial charge is 0.351 e. The van der Waals surface area contributed by atoms with Crippen LogP contribution in [0.25, 0.3) is 0 Å². The van der Waals surface area contributed by atoms with Gasteiger partial charge in [-0.3, -0.25) is 0 Å². The number of halogens is 1. The fraction of sp³-hybridized carbons (Fsp3) is 0.500. The van der Waals surface area contributed by atoms with Crippen LogP contribution in [0, 0.1) is 0 Å². The molecular weight excluding hydrogens is 198 g/mol. The lowest BCUT2D eigenvalue weighted by Crippen LogP contribution is -2.37. The van der Waals surface area contributed by atoms with Gasteiger partial charge in [0.2, 0.25) is 0 Å². The molecule has 2 unspecified atom stereocenters. The van der Waals surface area contributed by atoms with Gasteiger partial charge in [-0.2, -0.15) is 0 Å². The van der Waals surface area contributed by atoms with Gasteiger partial charge in [0.05, 0.1) is 5.02 Å². The molecule has 14 heavy (non-hydrogen) atoms. The van der Waals surface area contributed by atoms with Crippen molar-refractivity contribution in [3.63, 3.8) is 0 Å². The van der Waals surface area contributed by atoms with Gasteiger partial charge in [-0.1, -0.05) is 11.6 Å². The van der Waals surface area contributed by atoms with Crippen molar-refractivity contribution in [1.82, 2.24) is 4.98 Å². The molecule has 0 saturated carbocycles. The summed E-state index contributed by atoms with van der Waals surface area (Å²) in [7, 11) is 0. The molecule has 1 saturated heterocycles. The molecule has 1 aliphatic heterocycles. The van der Waals surface area contributed by atoms with Gasteiger partial charge >= 0.3 is 0 Å². The third-order valence-electron chi connectivity index (χ3n) is 2.83. The first-order valence-corrected chi connectivity index (χ1v) is 5.20. The molecule has 2 rings (SSSR count). The Morgan fingerprint density at radius 2 is 2.43 bits per heavy atom. The van der Waals surface area contributed by atoms with Crippen molar-refractivity contribution in [2.75, 3.05) is 11.4 Å². The summed E-state index contributed by atoms with van der Waals surface area (Å²) in [6.07, 6.45) is 2.77. The highest BCUT2D eigenvalue weighted by molar-refractivity contribution is 6.32. The lowest BCUT2D eigenvalue weighted by Gasteiger charge is -2.24. The zero-order valence-electron chi connectivity index (χ0n) is 8.15. The van der Waals surface area contributed by atoms with E-state index >= 15 is 0 Å². The predicted molar refractivity (Wildman–Crippen MR) is 58.6 cm³/mol. The molecule has 0 bridgehead atoms. The summed E-state index contributed by atoms with van der Waals surface area (Å²) in [5.74, 6) is 0.856. The first kappa shape index (κ1) is 9.74. The van der Waals surface area contributed by atoms with E-state index in [9.17, 15) is 0 Å². The minimum absolute atomic E-state index is 0.230. The fourth-order valence-corrected chi connectivity index (χ4v) is 2.08. The molecule has 0 amide bonds. The summed E-state index contributed by atoms with van der Waals surface area (Å²) in [5, 5.41) is 0.702. The van der Waals surface area contributed by atoms with E-state index in [1.807, 2.05) is 12.1 Å². The standard InChI is InChI=1S/C10H14ClN3/c1-7-9(12)4-6-14(7)10-8(11)3-2-5-13-10/h2-3,5,7,9H,4,6,12H2,1H3. The first-order valence-electron chi connectivity index (χ1n) is 4.83. The monoisotopic (exact) mass is 211 g/mol. The van der Waals surface area contributed by atoms with E-state index in [0.29, 0.717) is 11.1 Å². The molecule has 0 spiro atoms. The molecule has 2 N–H and O–H groups in total. The number of anilines is 1. The highest BCUT2D eigenvalue weighted by Gasteiger charge is 2.29. The predicted octanol–water partition coefficient (Wildman–Crippen LogP) is 1.66. The van der Waals surface area contributed by atoms with Crippen LogP contribution in [0.4, 0.5) is 5.82 Å². The van der Waals surface area contributed by atoms with Crippen molar-refractivity contribution in [2.45, 2.75) is 25.4 Å². The number of nitrogens with two attached hydrogens (primary N) is 1. The summed E-state index contributed by atoms with van der Waals surface area (Å²) >= 11 is 6.07. The van der Waals surface area contributed by atoms with Gasteiger partial charge in [0.1, 0.15) is 5.82 Å². The Kier molecular flexibility index (Phi) is 2.61. The number of rotatable bonds is 1. The maximum atomic E-state index is 6.07. The highest BCUT2D eigenvalue weighted by atomic mass is 35.5. The van der Waals surface area contributed by atoms with Crippen molar-refractivity contribution in [1.29, 1.82) is 0 Å². The lowest BCUT2D eigenvalue weighted by molar-refractivity contribution is 0.621. The van der Waals surface area contributed by atoms with Crippen LogP contribution in [0.1, 0.15) is 13.3 Å². The Morgan fingerprint density at radius 1 is 1.64 bits per heavy atom. The quantitative estimate of drug-likeness (QED) is 0.769. The molecule has 1 aliphatic rings.